The van der Waals surface area contributed by atoms with Crippen LogP contribution in [0.2, 0.25) is 0 Å². The van der Waals surface area contributed by atoms with Crippen molar-refractivity contribution >= 4 is 6.09 Å². The van der Waals surface area contributed by atoms with Crippen molar-refractivity contribution in [2.45, 2.75) is 45.3 Å². The lowest BCUT2D eigenvalue weighted by Crippen LogP contribution is -2.46. The van der Waals surface area contributed by atoms with Crippen molar-refractivity contribution < 1.29 is 14.3 Å². The highest BCUT2D eigenvalue weighted by Gasteiger charge is 2.33. The Morgan fingerprint density at radius 2 is 2.21 bits per heavy atom. The fraction of sp³-hybridized carbons (Fsp3) is 0.929. The number of nitrogens with zero attached hydrogens (tertiary/aromatic N) is 1. The molecule has 0 aromatic rings. The minimum atomic E-state index is -0.442. The maximum Gasteiger partial charge on any atom is 0.410 e. The molecule has 2 saturated heterocycles. The van der Waals surface area contributed by atoms with Crippen molar-refractivity contribution in [1.29, 1.82) is 0 Å². The summed E-state index contributed by atoms with van der Waals surface area (Å²) in [5.41, 5.74) is -0.442. The molecule has 5 nitrogen and oxygen atoms in total. The Bertz CT molecular complexity index is 302. The molecule has 0 aromatic carbocycles. The standard InChI is InChI=1S/C14H26N2O3/c1-14(2,3)19-13(17)16(12-5-7-18-10-12)9-11-4-6-15-8-11/h11-12,15H,4-10H2,1-3H3. The average Bonchev–Trinajstić information content (AvgIpc) is 2.96. The highest BCUT2D eigenvalue weighted by atomic mass is 16.6. The van der Waals surface area contributed by atoms with E-state index in [2.05, 4.69) is 5.32 Å². The predicted octanol–water partition coefficient (Wildman–Crippen LogP) is 1.62. The van der Waals surface area contributed by atoms with Gasteiger partial charge in [-0.25, -0.2) is 4.79 Å². The van der Waals surface area contributed by atoms with Gasteiger partial charge in [0.25, 0.3) is 0 Å². The third-order valence-electron chi connectivity index (χ3n) is 3.59. The highest BCUT2D eigenvalue weighted by molar-refractivity contribution is 5.68. The van der Waals surface area contributed by atoms with E-state index < -0.39 is 5.60 Å². The van der Waals surface area contributed by atoms with E-state index in [1.54, 1.807) is 0 Å². The van der Waals surface area contributed by atoms with Crippen LogP contribution in [-0.2, 0) is 9.47 Å². The maximum absolute atomic E-state index is 12.4. The third kappa shape index (κ3) is 4.35. The van der Waals surface area contributed by atoms with Crippen LogP contribution in [0.3, 0.4) is 0 Å². The first-order chi connectivity index (χ1) is 8.96. The van der Waals surface area contributed by atoms with Gasteiger partial charge in [-0.3, -0.25) is 0 Å². The van der Waals surface area contributed by atoms with Gasteiger partial charge in [0, 0.05) is 13.2 Å². The van der Waals surface area contributed by atoms with E-state index in [1.807, 2.05) is 25.7 Å². The summed E-state index contributed by atoms with van der Waals surface area (Å²) < 4.78 is 11.0. The Labute approximate surface area is 115 Å². The molecule has 0 bridgehead atoms. The summed E-state index contributed by atoms with van der Waals surface area (Å²) in [5.74, 6) is 0.535. The van der Waals surface area contributed by atoms with Gasteiger partial charge >= 0.3 is 6.09 Å². The molecule has 0 spiro atoms. The van der Waals surface area contributed by atoms with Crippen molar-refractivity contribution in [2.24, 2.45) is 5.92 Å². The predicted molar refractivity (Wildman–Crippen MR) is 73.1 cm³/mol. The Balaban J connectivity index is 1.97. The molecule has 1 amide bonds. The van der Waals surface area contributed by atoms with Gasteiger partial charge in [-0.1, -0.05) is 0 Å². The molecule has 0 aliphatic carbocycles. The molecule has 110 valence electrons. The monoisotopic (exact) mass is 270 g/mol. The quantitative estimate of drug-likeness (QED) is 0.846. The Morgan fingerprint density at radius 3 is 2.74 bits per heavy atom. The number of carbonyl (C=O) groups excluding carboxylic acids is 1. The zero-order valence-electron chi connectivity index (χ0n) is 12.3. The fourth-order valence-corrected chi connectivity index (χ4v) is 2.61. The SMILES string of the molecule is CC(C)(C)OC(=O)N(CC1CCNC1)C1CCOC1. The molecule has 19 heavy (non-hydrogen) atoms. The van der Waals surface area contributed by atoms with E-state index in [4.69, 9.17) is 9.47 Å². The lowest BCUT2D eigenvalue weighted by atomic mass is 10.1. The first-order valence-electron chi connectivity index (χ1n) is 7.24. The number of amides is 1. The normalized spacial score (nSPS) is 27.5. The van der Waals surface area contributed by atoms with Crippen LogP contribution in [0.1, 0.15) is 33.6 Å². The minimum absolute atomic E-state index is 0.176. The van der Waals surface area contributed by atoms with Crippen LogP contribution in [0.15, 0.2) is 0 Å². The molecule has 2 unspecified atom stereocenters. The van der Waals surface area contributed by atoms with Gasteiger partial charge in [-0.2, -0.15) is 0 Å². The van der Waals surface area contributed by atoms with Gasteiger partial charge in [-0.15, -0.1) is 0 Å². The molecule has 2 aliphatic rings. The smallest absolute Gasteiger partial charge is 0.410 e. The Hall–Kier alpha value is -0.810. The first-order valence-corrected chi connectivity index (χ1v) is 7.24. The molecule has 0 aromatic heterocycles. The summed E-state index contributed by atoms with van der Waals surface area (Å²) in [6.45, 7) is 9.92. The number of carbonyl (C=O) groups is 1. The molecular formula is C14H26N2O3. The maximum atomic E-state index is 12.4. The van der Waals surface area contributed by atoms with E-state index in [0.717, 1.165) is 39.1 Å². The topological polar surface area (TPSA) is 50.8 Å². The lowest BCUT2D eigenvalue weighted by molar-refractivity contribution is 0.0116. The van der Waals surface area contributed by atoms with Crippen LogP contribution < -0.4 is 5.32 Å². The number of rotatable bonds is 3. The lowest BCUT2D eigenvalue weighted by Gasteiger charge is -2.32. The summed E-state index contributed by atoms with van der Waals surface area (Å²) in [7, 11) is 0. The largest absolute Gasteiger partial charge is 0.444 e. The van der Waals surface area contributed by atoms with Gasteiger partial charge in [0.05, 0.1) is 12.6 Å². The Morgan fingerprint density at radius 1 is 1.42 bits per heavy atom. The summed E-state index contributed by atoms with van der Waals surface area (Å²) >= 11 is 0. The third-order valence-corrected chi connectivity index (χ3v) is 3.59. The van der Waals surface area contributed by atoms with Crippen molar-refractivity contribution in [3.63, 3.8) is 0 Å². The molecule has 2 heterocycles. The molecule has 2 atom stereocenters. The summed E-state index contributed by atoms with van der Waals surface area (Å²) in [5, 5.41) is 3.35. The van der Waals surface area contributed by atoms with Gasteiger partial charge < -0.3 is 19.7 Å². The number of ether oxygens (including phenoxy) is 2. The highest BCUT2D eigenvalue weighted by Crippen LogP contribution is 2.20. The number of hydrogen-bond acceptors (Lipinski definition) is 4. The van der Waals surface area contributed by atoms with Crippen molar-refractivity contribution in [3.8, 4) is 0 Å². The van der Waals surface area contributed by atoms with Crippen LogP contribution in [0, 0.1) is 5.92 Å². The summed E-state index contributed by atoms with van der Waals surface area (Å²) in [4.78, 5) is 14.2. The first kappa shape index (κ1) is 14.6. The summed E-state index contributed by atoms with van der Waals surface area (Å²) in [6, 6.07) is 0.176. The second-order valence-electron chi connectivity index (χ2n) is 6.51. The van der Waals surface area contributed by atoms with E-state index in [-0.39, 0.29) is 12.1 Å². The number of hydrogen-bond donors (Lipinski definition) is 1. The molecule has 1 N–H and O–H groups in total. The van der Waals surface area contributed by atoms with Crippen molar-refractivity contribution in [2.75, 3.05) is 32.8 Å². The van der Waals surface area contributed by atoms with Gasteiger partial charge in [0.2, 0.25) is 0 Å². The van der Waals surface area contributed by atoms with Crippen LogP contribution >= 0.6 is 0 Å². The van der Waals surface area contributed by atoms with Crippen molar-refractivity contribution in [1.82, 2.24) is 10.2 Å². The molecule has 2 aliphatic heterocycles. The van der Waals surface area contributed by atoms with Crippen LogP contribution in [0.25, 0.3) is 0 Å². The van der Waals surface area contributed by atoms with E-state index in [1.165, 1.54) is 0 Å². The number of nitrogens with one attached hydrogen (secondary N) is 1. The van der Waals surface area contributed by atoms with E-state index in [9.17, 15) is 4.79 Å². The van der Waals surface area contributed by atoms with E-state index >= 15 is 0 Å². The molecule has 0 radical (unpaired) electrons. The molecule has 2 rings (SSSR count). The van der Waals surface area contributed by atoms with Gasteiger partial charge in [0.1, 0.15) is 5.60 Å². The molecule has 0 saturated carbocycles. The van der Waals surface area contributed by atoms with Crippen LogP contribution in [-0.4, -0.2) is 55.5 Å². The van der Waals surface area contributed by atoms with Gasteiger partial charge in [-0.05, 0) is 52.6 Å². The zero-order valence-corrected chi connectivity index (χ0v) is 12.3. The average molecular weight is 270 g/mol. The van der Waals surface area contributed by atoms with Crippen LogP contribution in [0.5, 0.6) is 0 Å². The minimum Gasteiger partial charge on any atom is -0.444 e. The Kier molecular flexibility index (Phi) is 4.68. The molecule has 5 heteroatoms. The second kappa shape index (κ2) is 6.09. The van der Waals surface area contributed by atoms with E-state index in [0.29, 0.717) is 12.5 Å². The zero-order chi connectivity index (χ0) is 13.9. The van der Waals surface area contributed by atoms with Crippen molar-refractivity contribution in [3.05, 3.63) is 0 Å². The molecule has 2 fully saturated rings. The van der Waals surface area contributed by atoms with Gasteiger partial charge in [0.15, 0.2) is 0 Å². The fourth-order valence-electron chi connectivity index (χ4n) is 2.61. The molecular weight excluding hydrogens is 244 g/mol. The second-order valence-corrected chi connectivity index (χ2v) is 6.51. The van der Waals surface area contributed by atoms with Crippen LogP contribution in [0.4, 0.5) is 4.79 Å². The summed E-state index contributed by atoms with van der Waals surface area (Å²) in [6.07, 6.45) is 1.85.